The SMILES string of the molecule is CC[C@H]1CC[C@H]2C(=O)OC(=O)N12. The lowest BCUT2D eigenvalue weighted by molar-refractivity contribution is -0.135. The van der Waals surface area contributed by atoms with Crippen LogP contribution in [0.1, 0.15) is 26.2 Å². The van der Waals surface area contributed by atoms with Gasteiger partial charge in [-0.15, -0.1) is 0 Å². The lowest BCUT2D eigenvalue weighted by Crippen LogP contribution is -2.35. The molecule has 2 aliphatic heterocycles. The predicted octanol–water partition coefficient (Wildman–Crippen LogP) is 0.906. The third-order valence-corrected chi connectivity index (χ3v) is 2.64. The molecule has 2 saturated heterocycles. The zero-order valence-corrected chi connectivity index (χ0v) is 6.95. The lowest BCUT2D eigenvalue weighted by atomic mass is 10.1. The maximum atomic E-state index is 11.1. The average molecular weight is 169 g/mol. The molecule has 0 aromatic heterocycles. The minimum Gasteiger partial charge on any atom is -0.375 e. The van der Waals surface area contributed by atoms with Gasteiger partial charge in [0.1, 0.15) is 6.04 Å². The number of rotatable bonds is 1. The monoisotopic (exact) mass is 169 g/mol. The van der Waals surface area contributed by atoms with E-state index in [-0.39, 0.29) is 18.1 Å². The standard InChI is InChI=1S/C8H11NO3/c1-2-5-3-4-6-7(10)12-8(11)9(5)6/h5-6H,2-4H2,1H3/t5-,6-/m0/s1. The first kappa shape index (κ1) is 7.58. The molecule has 0 aliphatic carbocycles. The van der Waals surface area contributed by atoms with Crippen LogP contribution < -0.4 is 0 Å². The van der Waals surface area contributed by atoms with E-state index in [4.69, 9.17) is 0 Å². The molecule has 2 rings (SSSR count). The Morgan fingerprint density at radius 1 is 1.50 bits per heavy atom. The van der Waals surface area contributed by atoms with Gasteiger partial charge in [0.25, 0.3) is 0 Å². The summed E-state index contributed by atoms with van der Waals surface area (Å²) in [5.41, 5.74) is 0. The van der Waals surface area contributed by atoms with Crippen molar-refractivity contribution in [3.05, 3.63) is 0 Å². The van der Waals surface area contributed by atoms with E-state index < -0.39 is 6.09 Å². The minimum atomic E-state index is -0.450. The van der Waals surface area contributed by atoms with Crippen molar-refractivity contribution < 1.29 is 14.3 Å². The van der Waals surface area contributed by atoms with E-state index in [1.165, 1.54) is 0 Å². The number of hydrogen-bond acceptors (Lipinski definition) is 3. The summed E-state index contributed by atoms with van der Waals surface area (Å²) in [6.45, 7) is 2.02. The summed E-state index contributed by atoms with van der Waals surface area (Å²) < 4.78 is 4.51. The number of esters is 1. The molecule has 4 nitrogen and oxygen atoms in total. The molecule has 0 spiro atoms. The highest BCUT2D eigenvalue weighted by Crippen LogP contribution is 2.31. The third-order valence-electron chi connectivity index (χ3n) is 2.64. The molecule has 0 radical (unpaired) electrons. The number of amides is 1. The Hall–Kier alpha value is -1.06. The maximum absolute atomic E-state index is 11.1. The molecule has 66 valence electrons. The van der Waals surface area contributed by atoms with Crippen LogP contribution >= 0.6 is 0 Å². The topological polar surface area (TPSA) is 46.6 Å². The van der Waals surface area contributed by atoms with Crippen molar-refractivity contribution in [2.24, 2.45) is 0 Å². The molecule has 2 aliphatic rings. The molecule has 4 heteroatoms. The normalized spacial score (nSPS) is 33.9. The Labute approximate surface area is 70.5 Å². The van der Waals surface area contributed by atoms with Crippen LogP contribution in [0.15, 0.2) is 0 Å². The number of carbonyl (C=O) groups is 2. The van der Waals surface area contributed by atoms with Crippen LogP contribution in [0.4, 0.5) is 4.79 Å². The Morgan fingerprint density at radius 3 is 2.92 bits per heavy atom. The molecule has 2 atom stereocenters. The Balaban J connectivity index is 2.22. The van der Waals surface area contributed by atoms with Gasteiger partial charge >= 0.3 is 12.1 Å². The van der Waals surface area contributed by atoms with Crippen molar-refractivity contribution in [1.82, 2.24) is 4.90 Å². The number of carbonyl (C=O) groups excluding carboxylic acids is 2. The fourth-order valence-corrected chi connectivity index (χ4v) is 2.00. The van der Waals surface area contributed by atoms with Crippen LogP contribution in [-0.2, 0) is 9.53 Å². The highest BCUT2D eigenvalue weighted by atomic mass is 16.6. The van der Waals surface area contributed by atoms with E-state index in [2.05, 4.69) is 4.74 Å². The Morgan fingerprint density at radius 2 is 2.25 bits per heavy atom. The lowest BCUT2D eigenvalue weighted by Gasteiger charge is -2.18. The van der Waals surface area contributed by atoms with Crippen molar-refractivity contribution in [3.8, 4) is 0 Å². The molecular formula is C8H11NO3. The molecule has 0 unspecified atom stereocenters. The van der Waals surface area contributed by atoms with E-state index in [1.54, 1.807) is 4.90 Å². The van der Waals surface area contributed by atoms with Gasteiger partial charge in [0, 0.05) is 6.04 Å². The molecule has 0 aromatic carbocycles. The summed E-state index contributed by atoms with van der Waals surface area (Å²) in [6.07, 6.45) is 2.15. The molecule has 0 aromatic rings. The highest BCUT2D eigenvalue weighted by molar-refractivity contribution is 5.96. The second kappa shape index (κ2) is 2.47. The third kappa shape index (κ3) is 0.838. The first-order chi connectivity index (χ1) is 5.74. The number of cyclic esters (lactones) is 2. The highest BCUT2D eigenvalue weighted by Gasteiger charge is 2.48. The van der Waals surface area contributed by atoms with Gasteiger partial charge in [0.05, 0.1) is 0 Å². The largest absolute Gasteiger partial charge is 0.418 e. The molecule has 1 amide bonds. The average Bonchev–Trinajstić information content (AvgIpc) is 2.55. The first-order valence-corrected chi connectivity index (χ1v) is 4.28. The minimum absolute atomic E-state index is 0.217. The zero-order chi connectivity index (χ0) is 8.72. The predicted molar refractivity (Wildman–Crippen MR) is 40.4 cm³/mol. The van der Waals surface area contributed by atoms with E-state index in [0.29, 0.717) is 0 Å². The van der Waals surface area contributed by atoms with E-state index in [0.717, 1.165) is 19.3 Å². The summed E-state index contributed by atoms with van der Waals surface area (Å²) in [6, 6.07) is -0.0589. The Kier molecular flexibility index (Phi) is 1.56. The summed E-state index contributed by atoms with van der Waals surface area (Å²) in [5, 5.41) is 0. The quantitative estimate of drug-likeness (QED) is 0.433. The van der Waals surface area contributed by atoms with Gasteiger partial charge in [-0.1, -0.05) is 6.92 Å². The smallest absolute Gasteiger partial charge is 0.375 e. The maximum Gasteiger partial charge on any atom is 0.418 e. The molecule has 2 heterocycles. The van der Waals surface area contributed by atoms with Crippen LogP contribution in [0.25, 0.3) is 0 Å². The van der Waals surface area contributed by atoms with Crippen LogP contribution in [0.3, 0.4) is 0 Å². The molecular weight excluding hydrogens is 158 g/mol. The number of fused-ring (bicyclic) bond motifs is 1. The van der Waals surface area contributed by atoms with Crippen molar-refractivity contribution in [1.29, 1.82) is 0 Å². The van der Waals surface area contributed by atoms with Gasteiger partial charge in [-0.05, 0) is 19.3 Å². The summed E-state index contributed by atoms with van der Waals surface area (Å²) in [7, 11) is 0. The van der Waals surface area contributed by atoms with E-state index in [9.17, 15) is 9.59 Å². The molecule has 12 heavy (non-hydrogen) atoms. The zero-order valence-electron chi connectivity index (χ0n) is 6.95. The molecule has 0 saturated carbocycles. The summed E-state index contributed by atoms with van der Waals surface area (Å²) in [5.74, 6) is -0.365. The van der Waals surface area contributed by atoms with Gasteiger partial charge in [-0.25, -0.2) is 9.59 Å². The van der Waals surface area contributed by atoms with Gasteiger partial charge < -0.3 is 4.74 Å². The number of ether oxygens (including phenoxy) is 1. The van der Waals surface area contributed by atoms with Crippen molar-refractivity contribution in [2.75, 3.05) is 0 Å². The van der Waals surface area contributed by atoms with Crippen molar-refractivity contribution in [3.63, 3.8) is 0 Å². The van der Waals surface area contributed by atoms with Crippen molar-refractivity contribution >= 4 is 12.1 Å². The fraction of sp³-hybridized carbons (Fsp3) is 0.750. The van der Waals surface area contributed by atoms with Gasteiger partial charge in [0.15, 0.2) is 0 Å². The fourth-order valence-electron chi connectivity index (χ4n) is 2.00. The number of hydrogen-bond donors (Lipinski definition) is 0. The molecule has 2 fully saturated rings. The number of nitrogens with zero attached hydrogens (tertiary/aromatic N) is 1. The van der Waals surface area contributed by atoms with Crippen molar-refractivity contribution in [2.45, 2.75) is 38.3 Å². The Bertz CT molecular complexity index is 238. The van der Waals surface area contributed by atoms with E-state index in [1.807, 2.05) is 6.92 Å². The summed E-state index contributed by atoms with van der Waals surface area (Å²) >= 11 is 0. The summed E-state index contributed by atoms with van der Waals surface area (Å²) in [4.78, 5) is 23.7. The van der Waals surface area contributed by atoms with Crippen LogP contribution in [0.2, 0.25) is 0 Å². The van der Waals surface area contributed by atoms with E-state index >= 15 is 0 Å². The first-order valence-electron chi connectivity index (χ1n) is 4.28. The molecule has 0 N–H and O–H groups in total. The molecule has 0 bridgehead atoms. The second-order valence-electron chi connectivity index (χ2n) is 3.25. The van der Waals surface area contributed by atoms with Gasteiger partial charge in [-0.3, -0.25) is 4.90 Å². The van der Waals surface area contributed by atoms with Gasteiger partial charge in [0.2, 0.25) is 0 Å². The van der Waals surface area contributed by atoms with Crippen LogP contribution in [0, 0.1) is 0 Å². The van der Waals surface area contributed by atoms with Crippen LogP contribution in [-0.4, -0.2) is 29.0 Å². The van der Waals surface area contributed by atoms with Crippen LogP contribution in [0.5, 0.6) is 0 Å². The second-order valence-corrected chi connectivity index (χ2v) is 3.25. The van der Waals surface area contributed by atoms with Gasteiger partial charge in [-0.2, -0.15) is 0 Å².